The number of hydrogen-bond donors (Lipinski definition) is 2. The van der Waals surface area contributed by atoms with Gasteiger partial charge in [0.25, 0.3) is 5.56 Å². The second-order valence-corrected chi connectivity index (χ2v) is 7.80. The molecule has 0 saturated heterocycles. The van der Waals surface area contributed by atoms with Crippen molar-refractivity contribution >= 4 is 50.3 Å². The Morgan fingerprint density at radius 3 is 2.63 bits per heavy atom. The van der Waals surface area contributed by atoms with Gasteiger partial charge in [0, 0.05) is 21.8 Å². The molecule has 1 aromatic heterocycles. The average molecular weight is 460 g/mol. The minimum absolute atomic E-state index is 0.0166. The predicted octanol–water partition coefficient (Wildman–Crippen LogP) is 4.40. The van der Waals surface area contributed by atoms with Gasteiger partial charge in [0.15, 0.2) is 0 Å². The van der Waals surface area contributed by atoms with Gasteiger partial charge in [0.1, 0.15) is 5.56 Å². The number of halogens is 1. The predicted molar refractivity (Wildman–Crippen MR) is 122 cm³/mol. The van der Waals surface area contributed by atoms with E-state index in [4.69, 9.17) is 0 Å². The first-order chi connectivity index (χ1) is 14.5. The van der Waals surface area contributed by atoms with Gasteiger partial charge < -0.3 is 5.11 Å². The highest BCUT2D eigenvalue weighted by Crippen LogP contribution is 2.35. The molecule has 7 heteroatoms. The van der Waals surface area contributed by atoms with Gasteiger partial charge in [-0.2, -0.15) is 0 Å². The van der Waals surface area contributed by atoms with Crippen molar-refractivity contribution in [2.45, 2.75) is 0 Å². The largest absolute Gasteiger partial charge is 0.494 e. The molecule has 0 aliphatic carbocycles. The molecule has 0 atom stereocenters. The summed E-state index contributed by atoms with van der Waals surface area (Å²) in [6.45, 7) is 0. The summed E-state index contributed by atoms with van der Waals surface area (Å²) in [5, 5.41) is 12.8. The molecule has 0 fully saturated rings. The Morgan fingerprint density at radius 2 is 1.80 bits per heavy atom. The third-order valence-electron chi connectivity index (χ3n) is 5.02. The molecule has 1 aliphatic heterocycles. The van der Waals surface area contributed by atoms with Crippen LogP contribution in [0.25, 0.3) is 28.1 Å². The Kier molecular flexibility index (Phi) is 4.25. The minimum atomic E-state index is -0.710. The van der Waals surface area contributed by atoms with E-state index in [1.54, 1.807) is 18.3 Å². The second-order valence-electron chi connectivity index (χ2n) is 6.88. The van der Waals surface area contributed by atoms with Gasteiger partial charge in [-0.1, -0.05) is 46.3 Å². The van der Waals surface area contributed by atoms with Crippen LogP contribution < -0.4 is 11.2 Å². The Morgan fingerprint density at radius 1 is 1.00 bits per heavy atom. The lowest BCUT2D eigenvalue weighted by molar-refractivity contribution is 0.429. The standard InChI is InChI=1S/C23H14BrN3O3/c24-16-6-8-20-18(11-16)15(12-25-20)10-19-21(28)26-23(30)27(22(19)29)17-7-5-13-3-1-2-4-14(13)9-17/h1-12,29H,(H,26,28,30). The fraction of sp³-hybridized carbons (Fsp3) is 0. The number of aromatic nitrogens is 2. The molecule has 0 bridgehead atoms. The quantitative estimate of drug-likeness (QED) is 0.465. The molecule has 4 aromatic rings. The maximum Gasteiger partial charge on any atom is 0.335 e. The van der Waals surface area contributed by atoms with Crippen LogP contribution in [0.3, 0.4) is 0 Å². The van der Waals surface area contributed by atoms with Crippen molar-refractivity contribution in [3.8, 4) is 11.6 Å². The number of benzene rings is 3. The van der Waals surface area contributed by atoms with Crippen LogP contribution in [0.1, 0.15) is 11.1 Å². The zero-order valence-electron chi connectivity index (χ0n) is 15.5. The molecule has 0 spiro atoms. The molecule has 0 saturated carbocycles. The van der Waals surface area contributed by atoms with Gasteiger partial charge in [-0.15, -0.1) is 0 Å². The summed E-state index contributed by atoms with van der Waals surface area (Å²) in [5.41, 5.74) is 1.31. The highest BCUT2D eigenvalue weighted by atomic mass is 79.9. The van der Waals surface area contributed by atoms with E-state index in [0.29, 0.717) is 11.3 Å². The molecule has 0 unspecified atom stereocenters. The molecule has 2 heterocycles. The molecule has 0 radical (unpaired) electrons. The summed E-state index contributed by atoms with van der Waals surface area (Å²) in [6.07, 6.45) is 3.16. The normalized spacial score (nSPS) is 13.8. The lowest BCUT2D eigenvalue weighted by Crippen LogP contribution is -2.30. The van der Waals surface area contributed by atoms with Crippen molar-refractivity contribution in [1.82, 2.24) is 9.55 Å². The van der Waals surface area contributed by atoms with Crippen LogP contribution in [0.2, 0.25) is 0 Å². The number of hydrogen-bond acceptors (Lipinski definition) is 4. The van der Waals surface area contributed by atoms with E-state index < -0.39 is 17.1 Å². The van der Waals surface area contributed by atoms with Crippen LogP contribution in [-0.2, 0) is 0 Å². The highest BCUT2D eigenvalue weighted by molar-refractivity contribution is 9.10. The fourth-order valence-corrected chi connectivity index (χ4v) is 3.92. The molecule has 5 rings (SSSR count). The Labute approximate surface area is 178 Å². The summed E-state index contributed by atoms with van der Waals surface area (Å²) in [4.78, 5) is 31.7. The van der Waals surface area contributed by atoms with Gasteiger partial charge in [0.05, 0.1) is 11.4 Å². The zero-order valence-corrected chi connectivity index (χ0v) is 17.1. The van der Waals surface area contributed by atoms with E-state index in [1.807, 2.05) is 48.5 Å². The molecule has 6 nitrogen and oxygen atoms in total. The Bertz CT molecular complexity index is 1510. The Balaban J connectivity index is 1.71. The number of aromatic hydroxyl groups is 1. The van der Waals surface area contributed by atoms with E-state index in [0.717, 1.165) is 31.1 Å². The number of H-pyrrole nitrogens is 1. The summed E-state index contributed by atoms with van der Waals surface area (Å²) in [5.74, 6) is -0.427. The molecule has 0 amide bonds. The van der Waals surface area contributed by atoms with Crippen LogP contribution in [-0.4, -0.2) is 20.9 Å². The zero-order chi connectivity index (χ0) is 20.8. The SMILES string of the molecule is O=c1[nH]c(=O)n(-c2ccc3ccccc3c2)c(O)c1C=C1C=Nc2ccc(Br)cc21. The monoisotopic (exact) mass is 459 g/mol. The van der Waals surface area contributed by atoms with Crippen LogP contribution in [0.15, 0.2) is 79.7 Å². The fourth-order valence-electron chi connectivity index (χ4n) is 3.56. The molecule has 2 N–H and O–H groups in total. The maximum atomic E-state index is 12.5. The van der Waals surface area contributed by atoms with Crippen molar-refractivity contribution in [1.29, 1.82) is 0 Å². The molecular weight excluding hydrogens is 446 g/mol. The third-order valence-corrected chi connectivity index (χ3v) is 5.52. The van der Waals surface area contributed by atoms with E-state index in [9.17, 15) is 14.7 Å². The minimum Gasteiger partial charge on any atom is -0.494 e. The smallest absolute Gasteiger partial charge is 0.335 e. The molecule has 3 aromatic carbocycles. The third kappa shape index (κ3) is 3.00. The van der Waals surface area contributed by atoms with Gasteiger partial charge in [-0.25, -0.2) is 9.36 Å². The Hall–Kier alpha value is -3.71. The number of nitrogens with zero attached hydrogens (tertiary/aromatic N) is 2. The second kappa shape index (κ2) is 6.96. The highest BCUT2D eigenvalue weighted by Gasteiger charge is 2.18. The van der Waals surface area contributed by atoms with E-state index >= 15 is 0 Å². The molecule has 30 heavy (non-hydrogen) atoms. The topological polar surface area (TPSA) is 87.5 Å². The van der Waals surface area contributed by atoms with E-state index in [-0.39, 0.29) is 5.56 Å². The van der Waals surface area contributed by atoms with Gasteiger partial charge >= 0.3 is 5.69 Å². The number of fused-ring (bicyclic) bond motifs is 2. The van der Waals surface area contributed by atoms with Crippen molar-refractivity contribution in [3.63, 3.8) is 0 Å². The number of rotatable bonds is 2. The van der Waals surface area contributed by atoms with Crippen molar-refractivity contribution in [2.75, 3.05) is 0 Å². The first-order valence-corrected chi connectivity index (χ1v) is 9.94. The van der Waals surface area contributed by atoms with Gasteiger partial charge in [0.2, 0.25) is 5.88 Å². The summed E-state index contributed by atoms with van der Waals surface area (Å²) in [7, 11) is 0. The van der Waals surface area contributed by atoms with E-state index in [1.165, 1.54) is 6.08 Å². The van der Waals surface area contributed by atoms with Gasteiger partial charge in [-0.3, -0.25) is 14.8 Å². The molecule has 1 aliphatic rings. The number of aliphatic imine (C=N–C) groups is 1. The maximum absolute atomic E-state index is 12.5. The number of nitrogens with one attached hydrogen (secondary N) is 1. The van der Waals surface area contributed by atoms with Gasteiger partial charge in [-0.05, 0) is 47.2 Å². The first-order valence-electron chi connectivity index (χ1n) is 9.14. The lowest BCUT2D eigenvalue weighted by atomic mass is 10.1. The first kappa shape index (κ1) is 18.3. The van der Waals surface area contributed by atoms with Crippen LogP contribution in [0.4, 0.5) is 5.69 Å². The molecule has 146 valence electrons. The van der Waals surface area contributed by atoms with Crippen LogP contribution in [0, 0.1) is 0 Å². The van der Waals surface area contributed by atoms with E-state index in [2.05, 4.69) is 25.9 Å². The van der Waals surface area contributed by atoms with Crippen LogP contribution in [0.5, 0.6) is 5.88 Å². The number of allylic oxidation sites excluding steroid dienone is 1. The summed E-state index contributed by atoms with van der Waals surface area (Å²) < 4.78 is 1.96. The van der Waals surface area contributed by atoms with Crippen LogP contribution >= 0.6 is 15.9 Å². The van der Waals surface area contributed by atoms with Crippen molar-refractivity contribution in [3.05, 3.63) is 97.1 Å². The summed E-state index contributed by atoms with van der Waals surface area (Å²) in [6, 6.07) is 18.7. The van der Waals surface area contributed by atoms with Crippen molar-refractivity contribution < 1.29 is 5.11 Å². The average Bonchev–Trinajstić information content (AvgIpc) is 3.12. The van der Waals surface area contributed by atoms with Crippen molar-refractivity contribution in [2.24, 2.45) is 4.99 Å². The lowest BCUT2D eigenvalue weighted by Gasteiger charge is -2.11. The molecular formula is C23H14BrN3O3. The number of aromatic amines is 1. The summed E-state index contributed by atoms with van der Waals surface area (Å²) >= 11 is 3.43.